The van der Waals surface area contributed by atoms with Gasteiger partial charge in [0.25, 0.3) is 10.0 Å². The molecule has 0 radical (unpaired) electrons. The summed E-state index contributed by atoms with van der Waals surface area (Å²) in [4.78, 5) is 26.7. The monoisotopic (exact) mass is 518 g/mol. The fourth-order valence-corrected chi connectivity index (χ4v) is 7.02. The number of nitrogens with one attached hydrogen (secondary N) is 1. The average Bonchev–Trinajstić information content (AvgIpc) is 3.22. The van der Waals surface area contributed by atoms with Crippen molar-refractivity contribution < 1.29 is 27.9 Å². The highest BCUT2D eigenvalue weighted by Crippen LogP contribution is 2.47. The zero-order valence-corrected chi connectivity index (χ0v) is 21.6. The van der Waals surface area contributed by atoms with Gasteiger partial charge in [-0.2, -0.15) is 4.72 Å². The number of carbonyl (C=O) groups excluding carboxylic acids is 1. The van der Waals surface area contributed by atoms with Gasteiger partial charge in [-0.3, -0.25) is 4.79 Å². The van der Waals surface area contributed by atoms with Crippen molar-refractivity contribution in [1.29, 1.82) is 0 Å². The molecule has 1 aromatic carbocycles. The molecule has 2 heterocycles. The van der Waals surface area contributed by atoms with Crippen molar-refractivity contribution in [3.8, 4) is 0 Å². The van der Waals surface area contributed by atoms with E-state index in [1.807, 2.05) is 57.2 Å². The maximum Gasteiger partial charge on any atom is 0.410 e. The van der Waals surface area contributed by atoms with Crippen molar-refractivity contribution in [2.75, 3.05) is 13.1 Å². The van der Waals surface area contributed by atoms with E-state index < -0.39 is 27.1 Å². The predicted octanol–water partition coefficient (Wildman–Crippen LogP) is 4.14. The molecule has 1 amide bonds. The molecule has 0 bridgehead atoms. The smallest absolute Gasteiger partial charge is 0.410 e. The van der Waals surface area contributed by atoms with Gasteiger partial charge in [-0.1, -0.05) is 36.4 Å². The van der Waals surface area contributed by atoms with Gasteiger partial charge in [0.2, 0.25) is 0 Å². The maximum absolute atomic E-state index is 13.1. The van der Waals surface area contributed by atoms with E-state index in [1.165, 1.54) is 6.07 Å². The third kappa shape index (κ3) is 5.76. The summed E-state index contributed by atoms with van der Waals surface area (Å²) >= 11 is 1.11. The summed E-state index contributed by atoms with van der Waals surface area (Å²) in [5.41, 5.74) is -0.128. The zero-order valence-electron chi connectivity index (χ0n) is 20.0. The van der Waals surface area contributed by atoms with E-state index in [0.717, 1.165) is 27.4 Å². The summed E-state index contributed by atoms with van der Waals surface area (Å²) in [7, 11) is -4.01. The van der Waals surface area contributed by atoms with Crippen LogP contribution in [0.5, 0.6) is 0 Å². The number of thiophene rings is 1. The van der Waals surface area contributed by atoms with E-state index in [-0.39, 0.29) is 22.6 Å². The molecule has 35 heavy (non-hydrogen) atoms. The minimum absolute atomic E-state index is 0.0777. The van der Waals surface area contributed by atoms with Crippen LogP contribution in [0.2, 0.25) is 0 Å². The SMILES string of the molecule is CC(C)(C)OC(=O)N1CC=C(c2ccc(S(=O)(=O)NC3(C(=O)O)C[C@H]3Cc3ccccc3)s2)CC1. The number of rotatable bonds is 7. The van der Waals surface area contributed by atoms with Crippen LogP contribution in [-0.2, 0) is 26.0 Å². The van der Waals surface area contributed by atoms with Gasteiger partial charge in [-0.25, -0.2) is 13.2 Å². The summed E-state index contributed by atoms with van der Waals surface area (Å²) in [6.07, 6.45) is 2.84. The second kappa shape index (κ2) is 9.40. The number of hydrogen-bond donors (Lipinski definition) is 2. The van der Waals surface area contributed by atoms with E-state index in [2.05, 4.69) is 4.72 Å². The number of benzene rings is 1. The lowest BCUT2D eigenvalue weighted by molar-refractivity contribution is -0.140. The first-order valence-corrected chi connectivity index (χ1v) is 13.8. The van der Waals surface area contributed by atoms with E-state index in [9.17, 15) is 23.1 Å². The number of carbonyl (C=O) groups is 2. The maximum atomic E-state index is 13.1. The van der Waals surface area contributed by atoms with Crippen molar-refractivity contribution >= 4 is 39.0 Å². The Hall–Kier alpha value is -2.69. The first-order chi connectivity index (χ1) is 16.4. The minimum Gasteiger partial charge on any atom is -0.480 e. The summed E-state index contributed by atoms with van der Waals surface area (Å²) < 4.78 is 34.2. The first kappa shape index (κ1) is 25.4. The summed E-state index contributed by atoms with van der Waals surface area (Å²) in [5.74, 6) is -1.47. The lowest BCUT2D eigenvalue weighted by Gasteiger charge is -2.29. The fraction of sp³-hybridized carbons (Fsp3) is 0.440. The molecular weight excluding hydrogens is 488 g/mol. The Labute approximate surface area is 209 Å². The topological polar surface area (TPSA) is 113 Å². The summed E-state index contributed by atoms with van der Waals surface area (Å²) in [5, 5.41) is 9.84. The Morgan fingerprint density at radius 3 is 2.51 bits per heavy atom. The van der Waals surface area contributed by atoms with Gasteiger partial charge in [-0.05, 0) is 69.2 Å². The van der Waals surface area contributed by atoms with E-state index >= 15 is 0 Å². The lowest BCUT2D eigenvalue weighted by Crippen LogP contribution is -2.44. The van der Waals surface area contributed by atoms with Crippen molar-refractivity contribution in [3.05, 3.63) is 59.0 Å². The standard InChI is InChI=1S/C25H30N2O6S2/c1-24(2,3)33-23(30)27-13-11-18(12-14-27)20-9-10-21(34-20)35(31,32)26-25(22(28)29)16-19(25)15-17-7-5-4-6-8-17/h4-11,19,26H,12-16H2,1-3H3,(H,28,29)/t19-,25?/m1/s1. The van der Waals surface area contributed by atoms with Crippen molar-refractivity contribution in [1.82, 2.24) is 9.62 Å². The molecule has 4 rings (SSSR count). The highest BCUT2D eigenvalue weighted by atomic mass is 32.2. The molecule has 1 aliphatic carbocycles. The molecule has 0 spiro atoms. The van der Waals surface area contributed by atoms with Crippen LogP contribution in [0.15, 0.2) is 52.7 Å². The third-order valence-electron chi connectivity index (χ3n) is 6.15. The van der Waals surface area contributed by atoms with Crippen LogP contribution >= 0.6 is 11.3 Å². The molecule has 2 aromatic rings. The van der Waals surface area contributed by atoms with Gasteiger partial charge in [0.15, 0.2) is 0 Å². The summed E-state index contributed by atoms with van der Waals surface area (Å²) in [6, 6.07) is 12.7. The van der Waals surface area contributed by atoms with Gasteiger partial charge < -0.3 is 14.7 Å². The van der Waals surface area contributed by atoms with E-state index in [0.29, 0.717) is 25.9 Å². The molecule has 1 fully saturated rings. The molecule has 1 aliphatic heterocycles. The molecule has 1 unspecified atom stereocenters. The minimum atomic E-state index is -4.01. The molecular formula is C25H30N2O6S2. The molecule has 1 aromatic heterocycles. The average molecular weight is 519 g/mol. The van der Waals surface area contributed by atoms with Crippen LogP contribution in [0.3, 0.4) is 0 Å². The highest BCUT2D eigenvalue weighted by molar-refractivity contribution is 7.91. The predicted molar refractivity (Wildman–Crippen MR) is 134 cm³/mol. The van der Waals surface area contributed by atoms with Gasteiger partial charge in [-0.15, -0.1) is 11.3 Å². The van der Waals surface area contributed by atoms with Crippen LogP contribution in [0, 0.1) is 5.92 Å². The quantitative estimate of drug-likeness (QED) is 0.570. The Bertz CT molecular complexity index is 1250. The third-order valence-corrected chi connectivity index (χ3v) is 9.31. The Morgan fingerprint density at radius 2 is 1.91 bits per heavy atom. The Morgan fingerprint density at radius 1 is 1.20 bits per heavy atom. The number of carboxylic acid groups (broad SMARTS) is 1. The lowest BCUT2D eigenvalue weighted by atomic mass is 10.1. The van der Waals surface area contributed by atoms with Crippen LogP contribution < -0.4 is 4.72 Å². The van der Waals surface area contributed by atoms with E-state index in [4.69, 9.17) is 4.74 Å². The zero-order chi connectivity index (χ0) is 25.4. The van der Waals surface area contributed by atoms with Crippen molar-refractivity contribution in [3.63, 3.8) is 0 Å². The second-order valence-corrected chi connectivity index (χ2v) is 13.0. The normalized spacial score (nSPS) is 22.4. The number of hydrogen-bond acceptors (Lipinski definition) is 6. The number of ether oxygens (including phenoxy) is 1. The first-order valence-electron chi connectivity index (χ1n) is 11.5. The number of aliphatic carboxylic acids is 1. The molecule has 2 N–H and O–H groups in total. The van der Waals surface area contributed by atoms with Crippen molar-refractivity contribution in [2.24, 2.45) is 5.92 Å². The van der Waals surface area contributed by atoms with Crippen LogP contribution in [0.4, 0.5) is 4.79 Å². The molecule has 8 nitrogen and oxygen atoms in total. The molecule has 2 aliphatic rings. The molecule has 188 valence electrons. The Balaban J connectivity index is 1.43. The van der Waals surface area contributed by atoms with Crippen LogP contribution in [0.25, 0.3) is 5.57 Å². The summed E-state index contributed by atoms with van der Waals surface area (Å²) in [6.45, 7) is 6.31. The van der Waals surface area contributed by atoms with Gasteiger partial charge in [0, 0.05) is 18.0 Å². The number of nitrogens with zero attached hydrogens (tertiary/aromatic N) is 1. The van der Waals surface area contributed by atoms with E-state index in [1.54, 1.807) is 11.0 Å². The van der Waals surface area contributed by atoms with Gasteiger partial charge >= 0.3 is 12.1 Å². The van der Waals surface area contributed by atoms with Crippen LogP contribution in [0.1, 0.15) is 44.1 Å². The molecule has 2 atom stereocenters. The number of sulfonamides is 1. The molecule has 0 saturated heterocycles. The number of amides is 1. The molecule has 10 heteroatoms. The van der Waals surface area contributed by atoms with Crippen LogP contribution in [-0.4, -0.2) is 54.7 Å². The fourth-order valence-electron chi connectivity index (χ4n) is 4.22. The van der Waals surface area contributed by atoms with Gasteiger partial charge in [0.1, 0.15) is 15.3 Å². The second-order valence-electron chi connectivity index (χ2n) is 10.00. The largest absolute Gasteiger partial charge is 0.480 e. The Kier molecular flexibility index (Phi) is 6.82. The number of carboxylic acids is 1. The van der Waals surface area contributed by atoms with Crippen molar-refractivity contribution in [2.45, 2.75) is 55.4 Å². The highest BCUT2D eigenvalue weighted by Gasteiger charge is 2.62. The molecule has 1 saturated carbocycles. The van der Waals surface area contributed by atoms with Gasteiger partial charge in [0.05, 0.1) is 0 Å².